The van der Waals surface area contributed by atoms with Crippen LogP contribution in [0.1, 0.15) is 17.3 Å². The van der Waals surface area contributed by atoms with Gasteiger partial charge in [-0.1, -0.05) is 15.9 Å². The van der Waals surface area contributed by atoms with Crippen molar-refractivity contribution in [1.29, 1.82) is 0 Å². The minimum Gasteiger partial charge on any atom is -0.478 e. The molecule has 0 aliphatic rings. The number of hydrogen-bond acceptors (Lipinski definition) is 4. The summed E-state index contributed by atoms with van der Waals surface area (Å²) in [7, 11) is -3.07. The van der Waals surface area contributed by atoms with Crippen molar-refractivity contribution in [3.8, 4) is 0 Å². The van der Waals surface area contributed by atoms with Crippen molar-refractivity contribution in [2.45, 2.75) is 17.9 Å². The number of halogens is 2. The van der Waals surface area contributed by atoms with Crippen LogP contribution in [0.4, 0.5) is 4.39 Å². The molecule has 0 aromatic heterocycles. The Bertz CT molecular complexity index is 632. The number of carbonyl (C=O) groups is 1. The quantitative estimate of drug-likeness (QED) is 0.815. The summed E-state index contributed by atoms with van der Waals surface area (Å²) in [5.41, 5.74) is -0.747. The van der Waals surface area contributed by atoms with E-state index in [1.165, 1.54) is 14.0 Å². The predicted octanol–water partition coefficient (Wildman–Crippen LogP) is 1.29. The number of likely N-dealkylation sites (N-methyl/N-ethyl adjacent to an activating group) is 1. The second kappa shape index (κ2) is 6.17. The highest BCUT2D eigenvalue weighted by molar-refractivity contribution is 9.10. The number of hydrogen-bond donors (Lipinski definition) is 2. The Labute approximate surface area is 124 Å². The third-order valence-electron chi connectivity index (χ3n) is 2.44. The molecule has 0 radical (unpaired) electrons. The molecule has 0 bridgehead atoms. The van der Waals surface area contributed by atoms with Gasteiger partial charge >= 0.3 is 5.97 Å². The molecule has 0 saturated carbocycles. The predicted molar refractivity (Wildman–Crippen MR) is 72.6 cm³/mol. The largest absolute Gasteiger partial charge is 0.478 e. The zero-order chi connectivity index (χ0) is 15.7. The van der Waals surface area contributed by atoms with Crippen LogP contribution >= 0.6 is 15.9 Å². The average Bonchev–Trinajstić information content (AvgIpc) is 2.30. The molecule has 1 unspecified atom stereocenters. The molecule has 2 N–H and O–H groups in total. The zero-order valence-corrected chi connectivity index (χ0v) is 13.1. The summed E-state index contributed by atoms with van der Waals surface area (Å²) < 4.78 is 39.3. The van der Waals surface area contributed by atoms with Crippen molar-refractivity contribution >= 4 is 31.9 Å². The molecule has 1 aromatic rings. The number of benzene rings is 1. The molecule has 1 atom stereocenters. The van der Waals surface area contributed by atoms with Gasteiger partial charge in [-0.25, -0.2) is 17.6 Å². The molecule has 0 aliphatic heterocycles. The van der Waals surface area contributed by atoms with Crippen LogP contribution in [-0.4, -0.2) is 48.6 Å². The van der Waals surface area contributed by atoms with Crippen LogP contribution in [0.25, 0.3) is 0 Å². The van der Waals surface area contributed by atoms with E-state index in [9.17, 15) is 22.7 Å². The van der Waals surface area contributed by atoms with Crippen molar-refractivity contribution in [2.75, 3.05) is 13.6 Å². The number of aliphatic hydroxyl groups is 1. The highest BCUT2D eigenvalue weighted by Gasteiger charge is 2.29. The summed E-state index contributed by atoms with van der Waals surface area (Å²) in [6.07, 6.45) is -0.941. The third kappa shape index (κ3) is 3.54. The van der Waals surface area contributed by atoms with Gasteiger partial charge in [0.25, 0.3) is 0 Å². The molecule has 0 heterocycles. The normalized spacial score (nSPS) is 13.5. The number of aliphatic hydroxyl groups excluding tert-OH is 1. The van der Waals surface area contributed by atoms with Gasteiger partial charge in [0, 0.05) is 18.1 Å². The van der Waals surface area contributed by atoms with E-state index in [0.29, 0.717) is 0 Å². The lowest BCUT2D eigenvalue weighted by atomic mass is 10.2. The molecule has 9 heteroatoms. The molecule has 112 valence electrons. The second-order valence-corrected chi connectivity index (χ2v) is 7.13. The highest BCUT2D eigenvalue weighted by Crippen LogP contribution is 2.26. The zero-order valence-electron chi connectivity index (χ0n) is 10.7. The number of nitrogens with zero attached hydrogens (tertiary/aromatic N) is 1. The van der Waals surface area contributed by atoms with Crippen LogP contribution in [0, 0.1) is 5.82 Å². The van der Waals surface area contributed by atoms with Crippen molar-refractivity contribution in [3.05, 3.63) is 28.0 Å². The lowest BCUT2D eigenvalue weighted by molar-refractivity contribution is 0.0691. The Balaban J connectivity index is 3.43. The van der Waals surface area contributed by atoms with Gasteiger partial charge in [0.2, 0.25) is 10.0 Å². The molecule has 1 aromatic carbocycles. The van der Waals surface area contributed by atoms with Gasteiger partial charge in [-0.15, -0.1) is 0 Å². The van der Waals surface area contributed by atoms with Crippen LogP contribution in [0.3, 0.4) is 0 Å². The van der Waals surface area contributed by atoms with Crippen LogP contribution in [0.5, 0.6) is 0 Å². The maximum atomic E-state index is 14.0. The number of sulfonamides is 1. The van der Waals surface area contributed by atoms with Gasteiger partial charge < -0.3 is 10.2 Å². The summed E-state index contributed by atoms with van der Waals surface area (Å²) in [5.74, 6) is -2.91. The minimum absolute atomic E-state index is 0.125. The highest BCUT2D eigenvalue weighted by atomic mass is 79.9. The van der Waals surface area contributed by atoms with Crippen molar-refractivity contribution < 1.29 is 27.8 Å². The Kier molecular flexibility index (Phi) is 5.25. The molecule has 0 amide bonds. The maximum absolute atomic E-state index is 14.0. The van der Waals surface area contributed by atoms with Gasteiger partial charge in [-0.3, -0.25) is 0 Å². The maximum Gasteiger partial charge on any atom is 0.338 e. The van der Waals surface area contributed by atoms with E-state index in [0.717, 1.165) is 16.4 Å². The van der Waals surface area contributed by atoms with Crippen molar-refractivity contribution in [2.24, 2.45) is 0 Å². The number of carboxylic acid groups (broad SMARTS) is 1. The van der Waals surface area contributed by atoms with Gasteiger partial charge in [0.15, 0.2) is 5.82 Å². The smallest absolute Gasteiger partial charge is 0.338 e. The van der Waals surface area contributed by atoms with Crippen LogP contribution in [0.2, 0.25) is 0 Å². The Morgan fingerprint density at radius 1 is 1.50 bits per heavy atom. The molecule has 0 spiro atoms. The van der Waals surface area contributed by atoms with Crippen molar-refractivity contribution in [1.82, 2.24) is 4.31 Å². The fourth-order valence-corrected chi connectivity index (χ4v) is 3.52. The molecular formula is C11H13BrFNO5S. The topological polar surface area (TPSA) is 94.9 Å². The lowest BCUT2D eigenvalue weighted by Crippen LogP contribution is -2.33. The summed E-state index contributed by atoms with van der Waals surface area (Å²) in [6.45, 7) is 1.14. The molecule has 6 nitrogen and oxygen atoms in total. The van der Waals surface area contributed by atoms with Gasteiger partial charge in [-0.05, 0) is 19.1 Å². The monoisotopic (exact) mass is 369 g/mol. The van der Waals surface area contributed by atoms with E-state index in [4.69, 9.17) is 5.11 Å². The first kappa shape index (κ1) is 17.0. The van der Waals surface area contributed by atoms with Crippen LogP contribution in [-0.2, 0) is 10.0 Å². The van der Waals surface area contributed by atoms with E-state index in [1.54, 1.807) is 0 Å². The third-order valence-corrected chi connectivity index (χ3v) is 4.72. The molecule has 0 saturated heterocycles. The first-order valence-electron chi connectivity index (χ1n) is 5.44. The SMILES string of the molecule is CC(O)CN(C)S(=O)(=O)c1cc(Br)cc(C(=O)O)c1F. The van der Waals surface area contributed by atoms with E-state index >= 15 is 0 Å². The Morgan fingerprint density at radius 2 is 2.05 bits per heavy atom. The van der Waals surface area contributed by atoms with E-state index in [1.807, 2.05) is 0 Å². The van der Waals surface area contributed by atoms with E-state index in [2.05, 4.69) is 15.9 Å². The minimum atomic E-state index is -4.24. The summed E-state index contributed by atoms with van der Waals surface area (Å²) >= 11 is 2.95. The molecule has 20 heavy (non-hydrogen) atoms. The van der Waals surface area contributed by atoms with Crippen molar-refractivity contribution in [3.63, 3.8) is 0 Å². The second-order valence-electron chi connectivity index (χ2n) is 4.21. The molecule has 0 aliphatic carbocycles. The standard InChI is InChI=1S/C11H13BrFNO5S/c1-6(15)5-14(2)20(18,19)9-4-7(12)3-8(10(9)13)11(16)17/h3-4,6,15H,5H2,1-2H3,(H,16,17). The van der Waals surface area contributed by atoms with Gasteiger partial charge in [0.1, 0.15) is 4.90 Å². The molecular weight excluding hydrogens is 357 g/mol. The fraction of sp³-hybridized carbons (Fsp3) is 0.364. The lowest BCUT2D eigenvalue weighted by Gasteiger charge is -2.19. The molecule has 1 rings (SSSR count). The van der Waals surface area contributed by atoms with Crippen LogP contribution < -0.4 is 0 Å². The number of rotatable bonds is 5. The fourth-order valence-electron chi connectivity index (χ4n) is 1.55. The number of aromatic carboxylic acids is 1. The Hall–Kier alpha value is -1.03. The summed E-state index contributed by atoms with van der Waals surface area (Å²) in [5, 5.41) is 18.1. The van der Waals surface area contributed by atoms with Crippen LogP contribution in [0.15, 0.2) is 21.5 Å². The van der Waals surface area contributed by atoms with Gasteiger partial charge in [-0.2, -0.15) is 4.31 Å². The first-order chi connectivity index (χ1) is 9.07. The number of carboxylic acids is 1. The Morgan fingerprint density at radius 3 is 2.50 bits per heavy atom. The average molecular weight is 370 g/mol. The van der Waals surface area contributed by atoms with E-state index in [-0.39, 0.29) is 11.0 Å². The molecule has 0 fully saturated rings. The van der Waals surface area contributed by atoms with Gasteiger partial charge in [0.05, 0.1) is 11.7 Å². The van der Waals surface area contributed by atoms with E-state index < -0.39 is 38.4 Å². The first-order valence-corrected chi connectivity index (χ1v) is 7.67. The summed E-state index contributed by atoms with van der Waals surface area (Å²) in [4.78, 5) is 10.1. The summed E-state index contributed by atoms with van der Waals surface area (Å²) in [6, 6.07) is 1.96.